The summed E-state index contributed by atoms with van der Waals surface area (Å²) in [6.45, 7) is 4.90. The summed E-state index contributed by atoms with van der Waals surface area (Å²) in [5.74, 6) is 0.108. The number of furan rings is 1. The number of carbonyl (C=O) groups is 1. The lowest BCUT2D eigenvalue weighted by Crippen LogP contribution is -2.35. The van der Waals surface area contributed by atoms with E-state index in [0.29, 0.717) is 19.5 Å². The Hall–Kier alpha value is -1.76. The first-order chi connectivity index (χ1) is 8.22. The summed E-state index contributed by atoms with van der Waals surface area (Å²) in [5.41, 5.74) is 0. The fraction of sp³-hybridized carbons (Fsp3) is 0.538. The molecule has 1 aromatic rings. The zero-order chi connectivity index (χ0) is 12.7. The molecule has 0 aliphatic heterocycles. The fourth-order valence-electron chi connectivity index (χ4n) is 1.69. The average molecular weight is 234 g/mol. The third kappa shape index (κ3) is 3.63. The Morgan fingerprint density at radius 3 is 2.82 bits per heavy atom. The van der Waals surface area contributed by atoms with Gasteiger partial charge in [-0.3, -0.25) is 4.79 Å². The van der Waals surface area contributed by atoms with Crippen LogP contribution < -0.4 is 0 Å². The van der Waals surface area contributed by atoms with E-state index in [4.69, 9.17) is 9.68 Å². The molecule has 17 heavy (non-hydrogen) atoms. The molecule has 92 valence electrons. The van der Waals surface area contributed by atoms with Gasteiger partial charge in [0.15, 0.2) is 0 Å². The summed E-state index contributed by atoms with van der Waals surface area (Å²) in [6.07, 6.45) is 3.04. The van der Waals surface area contributed by atoms with Crippen LogP contribution in [0.15, 0.2) is 22.8 Å². The number of hydrogen-bond donors (Lipinski definition) is 0. The molecule has 0 aliphatic rings. The van der Waals surface area contributed by atoms with Gasteiger partial charge in [0.2, 0.25) is 5.91 Å². The van der Waals surface area contributed by atoms with E-state index < -0.39 is 5.92 Å². The standard InChI is InChI=1S/C13H18N2O2/c1-3-6-11(9-14)13(16)15(4-2)10-12-7-5-8-17-12/h5,7-8,11H,3-4,6,10H2,1-2H3. The molecule has 0 fully saturated rings. The van der Waals surface area contributed by atoms with Crippen LogP contribution in [0.5, 0.6) is 0 Å². The maximum absolute atomic E-state index is 12.1. The van der Waals surface area contributed by atoms with Gasteiger partial charge < -0.3 is 9.32 Å². The summed E-state index contributed by atoms with van der Waals surface area (Å²) >= 11 is 0. The van der Waals surface area contributed by atoms with E-state index in [9.17, 15) is 4.79 Å². The van der Waals surface area contributed by atoms with Gasteiger partial charge in [0, 0.05) is 6.54 Å². The molecular weight excluding hydrogens is 216 g/mol. The van der Waals surface area contributed by atoms with E-state index >= 15 is 0 Å². The van der Waals surface area contributed by atoms with E-state index in [1.807, 2.05) is 19.9 Å². The molecule has 1 amide bonds. The van der Waals surface area contributed by atoms with Gasteiger partial charge in [-0.2, -0.15) is 5.26 Å². The Morgan fingerprint density at radius 2 is 2.35 bits per heavy atom. The quantitative estimate of drug-likeness (QED) is 0.760. The number of nitriles is 1. The normalized spacial score (nSPS) is 11.8. The van der Waals surface area contributed by atoms with Crippen LogP contribution in [0.2, 0.25) is 0 Å². The first-order valence-corrected chi connectivity index (χ1v) is 5.93. The summed E-state index contributed by atoms with van der Waals surface area (Å²) in [7, 11) is 0. The SMILES string of the molecule is CCCC(C#N)C(=O)N(CC)Cc1ccco1. The fourth-order valence-corrected chi connectivity index (χ4v) is 1.69. The van der Waals surface area contributed by atoms with Crippen molar-refractivity contribution in [1.29, 1.82) is 5.26 Å². The molecule has 4 nitrogen and oxygen atoms in total. The van der Waals surface area contributed by atoms with E-state index in [0.717, 1.165) is 12.2 Å². The van der Waals surface area contributed by atoms with Crippen molar-refractivity contribution < 1.29 is 9.21 Å². The second-order valence-corrected chi connectivity index (χ2v) is 3.90. The van der Waals surface area contributed by atoms with Gasteiger partial charge in [0.05, 0.1) is 18.9 Å². The molecule has 0 radical (unpaired) electrons. The second kappa shape index (κ2) is 6.74. The molecule has 1 unspecified atom stereocenters. The van der Waals surface area contributed by atoms with Gasteiger partial charge in [-0.15, -0.1) is 0 Å². The molecule has 1 heterocycles. The van der Waals surface area contributed by atoms with Crippen molar-refractivity contribution in [3.8, 4) is 6.07 Å². The van der Waals surface area contributed by atoms with Crippen molar-refractivity contribution in [2.75, 3.05) is 6.54 Å². The highest BCUT2D eigenvalue weighted by atomic mass is 16.3. The minimum atomic E-state index is -0.532. The molecule has 1 aromatic heterocycles. The minimum absolute atomic E-state index is 0.103. The molecule has 0 aliphatic carbocycles. The number of rotatable bonds is 6. The van der Waals surface area contributed by atoms with Gasteiger partial charge in [-0.1, -0.05) is 13.3 Å². The van der Waals surface area contributed by atoms with Crippen LogP contribution in [0.25, 0.3) is 0 Å². The third-order valence-corrected chi connectivity index (χ3v) is 2.65. The van der Waals surface area contributed by atoms with E-state index in [1.54, 1.807) is 17.2 Å². The van der Waals surface area contributed by atoms with E-state index in [-0.39, 0.29) is 5.91 Å². The Morgan fingerprint density at radius 1 is 1.59 bits per heavy atom. The molecular formula is C13H18N2O2. The predicted octanol–water partition coefficient (Wildman–Crippen LogP) is 2.57. The lowest BCUT2D eigenvalue weighted by atomic mass is 10.0. The molecule has 0 saturated heterocycles. The van der Waals surface area contributed by atoms with Crippen LogP contribution in [-0.4, -0.2) is 17.4 Å². The monoisotopic (exact) mass is 234 g/mol. The van der Waals surface area contributed by atoms with Gasteiger partial charge in [-0.05, 0) is 25.5 Å². The van der Waals surface area contributed by atoms with Crippen molar-refractivity contribution in [2.24, 2.45) is 5.92 Å². The first-order valence-electron chi connectivity index (χ1n) is 5.93. The zero-order valence-electron chi connectivity index (χ0n) is 10.3. The molecule has 0 bridgehead atoms. The van der Waals surface area contributed by atoms with E-state index in [1.165, 1.54) is 0 Å². The van der Waals surface area contributed by atoms with Crippen LogP contribution in [0.3, 0.4) is 0 Å². The molecule has 0 aromatic carbocycles. The highest BCUT2D eigenvalue weighted by Gasteiger charge is 2.22. The molecule has 1 rings (SSSR count). The zero-order valence-corrected chi connectivity index (χ0v) is 10.3. The van der Waals surface area contributed by atoms with Crippen molar-refractivity contribution in [3.05, 3.63) is 24.2 Å². The van der Waals surface area contributed by atoms with Crippen LogP contribution in [-0.2, 0) is 11.3 Å². The van der Waals surface area contributed by atoms with Crippen molar-refractivity contribution in [3.63, 3.8) is 0 Å². The molecule has 4 heteroatoms. The van der Waals surface area contributed by atoms with Crippen LogP contribution >= 0.6 is 0 Å². The number of carbonyl (C=O) groups excluding carboxylic acids is 1. The van der Waals surface area contributed by atoms with Crippen LogP contribution in [0.1, 0.15) is 32.4 Å². The minimum Gasteiger partial charge on any atom is -0.467 e. The Bertz CT molecular complexity index is 379. The molecule has 0 spiro atoms. The molecule has 0 saturated carbocycles. The number of nitrogens with zero attached hydrogens (tertiary/aromatic N) is 2. The topological polar surface area (TPSA) is 57.2 Å². The van der Waals surface area contributed by atoms with Crippen molar-refractivity contribution in [1.82, 2.24) is 4.90 Å². The van der Waals surface area contributed by atoms with Crippen LogP contribution in [0, 0.1) is 17.2 Å². The lowest BCUT2D eigenvalue weighted by Gasteiger charge is -2.22. The average Bonchev–Trinajstić information content (AvgIpc) is 2.85. The van der Waals surface area contributed by atoms with Gasteiger partial charge >= 0.3 is 0 Å². The maximum Gasteiger partial charge on any atom is 0.240 e. The maximum atomic E-state index is 12.1. The second-order valence-electron chi connectivity index (χ2n) is 3.90. The van der Waals surface area contributed by atoms with Crippen LogP contribution in [0.4, 0.5) is 0 Å². The number of hydrogen-bond acceptors (Lipinski definition) is 3. The largest absolute Gasteiger partial charge is 0.467 e. The summed E-state index contributed by atoms with van der Waals surface area (Å²) in [4.78, 5) is 13.7. The predicted molar refractivity (Wildman–Crippen MR) is 63.8 cm³/mol. The summed E-state index contributed by atoms with van der Waals surface area (Å²) in [6, 6.07) is 5.70. The Balaban J connectivity index is 2.66. The Labute approximate surface area is 102 Å². The third-order valence-electron chi connectivity index (χ3n) is 2.65. The summed E-state index contributed by atoms with van der Waals surface area (Å²) in [5, 5.41) is 8.98. The lowest BCUT2D eigenvalue weighted by molar-refractivity contribution is -0.134. The van der Waals surface area contributed by atoms with Gasteiger partial charge in [0.25, 0.3) is 0 Å². The molecule has 0 N–H and O–H groups in total. The highest BCUT2D eigenvalue weighted by Crippen LogP contribution is 2.13. The smallest absolute Gasteiger partial charge is 0.240 e. The number of amides is 1. The summed E-state index contributed by atoms with van der Waals surface area (Å²) < 4.78 is 5.21. The van der Waals surface area contributed by atoms with Gasteiger partial charge in [0.1, 0.15) is 11.7 Å². The van der Waals surface area contributed by atoms with E-state index in [2.05, 4.69) is 6.07 Å². The highest BCUT2D eigenvalue weighted by molar-refractivity contribution is 5.81. The van der Waals surface area contributed by atoms with Crippen molar-refractivity contribution in [2.45, 2.75) is 33.2 Å². The van der Waals surface area contributed by atoms with Crippen molar-refractivity contribution >= 4 is 5.91 Å². The first kappa shape index (κ1) is 13.3. The molecule has 1 atom stereocenters. The Kier molecular flexibility index (Phi) is 5.28. The van der Waals surface area contributed by atoms with Gasteiger partial charge in [-0.25, -0.2) is 0 Å².